The summed E-state index contributed by atoms with van der Waals surface area (Å²) < 4.78 is 12.8. The van der Waals surface area contributed by atoms with E-state index in [9.17, 15) is 4.79 Å². The molecular weight excluding hydrogens is 352 g/mol. The van der Waals surface area contributed by atoms with Gasteiger partial charge in [-0.25, -0.2) is 0 Å². The second-order valence-corrected chi connectivity index (χ2v) is 7.51. The third kappa shape index (κ3) is 4.19. The fraction of sp³-hybridized carbons (Fsp3) is 0.500. The molecule has 1 aromatic heterocycles. The van der Waals surface area contributed by atoms with Gasteiger partial charge in [-0.3, -0.25) is 4.79 Å². The number of ether oxygens (including phenoxy) is 2. The lowest BCUT2D eigenvalue weighted by atomic mass is 10.2. The summed E-state index contributed by atoms with van der Waals surface area (Å²) in [6, 6.07) is 7.67. The molecule has 7 nitrogen and oxygen atoms in total. The summed E-state index contributed by atoms with van der Waals surface area (Å²) in [7, 11) is 3.52. The summed E-state index contributed by atoms with van der Waals surface area (Å²) in [6.45, 7) is 3.22. The molecule has 1 N–H and O–H groups in total. The van der Waals surface area contributed by atoms with Crippen molar-refractivity contribution < 1.29 is 14.3 Å². The second kappa shape index (κ2) is 8.55. The minimum atomic E-state index is -0.273. The van der Waals surface area contributed by atoms with Crippen LogP contribution in [-0.2, 0) is 16.6 Å². The van der Waals surface area contributed by atoms with Crippen molar-refractivity contribution in [1.29, 1.82) is 0 Å². The predicted octanol–water partition coefficient (Wildman–Crippen LogP) is 2.27. The molecule has 0 spiro atoms. The third-order valence-corrected chi connectivity index (χ3v) is 5.50. The summed E-state index contributed by atoms with van der Waals surface area (Å²) >= 11 is 1.39. The van der Waals surface area contributed by atoms with Crippen LogP contribution in [0, 0.1) is 0 Å². The van der Waals surface area contributed by atoms with Gasteiger partial charge in [0, 0.05) is 20.2 Å². The lowest BCUT2D eigenvalue weighted by molar-refractivity contribution is -0.120. The van der Waals surface area contributed by atoms with Gasteiger partial charge in [-0.05, 0) is 31.9 Å². The average molecular weight is 376 g/mol. The number of nitrogens with one attached hydrogen (secondary N) is 1. The maximum absolute atomic E-state index is 12.3. The van der Waals surface area contributed by atoms with Gasteiger partial charge in [0.25, 0.3) is 0 Å². The van der Waals surface area contributed by atoms with Crippen molar-refractivity contribution in [2.75, 3.05) is 20.3 Å². The number of hydrogen-bond donors (Lipinski definition) is 1. The molecule has 140 valence electrons. The number of nitrogens with zero attached hydrogens (tertiary/aromatic N) is 3. The first-order valence-electron chi connectivity index (χ1n) is 8.69. The topological polar surface area (TPSA) is 78.3 Å². The van der Waals surface area contributed by atoms with Crippen molar-refractivity contribution in [2.24, 2.45) is 7.05 Å². The van der Waals surface area contributed by atoms with Gasteiger partial charge < -0.3 is 19.4 Å². The van der Waals surface area contributed by atoms with E-state index in [1.165, 1.54) is 11.8 Å². The zero-order chi connectivity index (χ0) is 18.5. The Morgan fingerprint density at radius 1 is 1.46 bits per heavy atom. The number of methoxy groups -OCH3 is 1. The van der Waals surface area contributed by atoms with Crippen LogP contribution in [0.2, 0.25) is 0 Å². The quantitative estimate of drug-likeness (QED) is 0.747. The van der Waals surface area contributed by atoms with E-state index in [1.54, 1.807) is 7.11 Å². The average Bonchev–Trinajstić information content (AvgIpc) is 3.30. The Morgan fingerprint density at radius 3 is 3.00 bits per heavy atom. The highest BCUT2D eigenvalue weighted by atomic mass is 32.2. The normalized spacial score (nSPS) is 17.9. The largest absolute Gasteiger partial charge is 0.496 e. The number of rotatable bonds is 7. The fourth-order valence-corrected chi connectivity index (χ4v) is 3.70. The minimum Gasteiger partial charge on any atom is -0.496 e. The number of amides is 1. The Hall–Kier alpha value is -2.06. The van der Waals surface area contributed by atoms with Gasteiger partial charge in [0.1, 0.15) is 5.75 Å². The standard InChI is InChI=1S/C18H24N4O3S/c1-12(17(23)19-11-13-7-6-10-25-13)26-18-21-20-16(22(18)2)14-8-4-5-9-15(14)24-3/h4-5,8-9,12-13H,6-7,10-11H2,1-3H3,(H,19,23)/t12-,13+/m1/s1. The van der Waals surface area contributed by atoms with E-state index in [1.807, 2.05) is 42.8 Å². The van der Waals surface area contributed by atoms with E-state index in [4.69, 9.17) is 9.47 Å². The molecule has 1 saturated heterocycles. The number of hydrogen-bond acceptors (Lipinski definition) is 6. The number of aromatic nitrogens is 3. The zero-order valence-corrected chi connectivity index (χ0v) is 16.1. The van der Waals surface area contributed by atoms with Crippen molar-refractivity contribution in [3.63, 3.8) is 0 Å². The Labute approximate surface area is 157 Å². The van der Waals surface area contributed by atoms with Crippen LogP contribution < -0.4 is 10.1 Å². The van der Waals surface area contributed by atoms with Gasteiger partial charge >= 0.3 is 0 Å². The van der Waals surface area contributed by atoms with E-state index < -0.39 is 0 Å². The minimum absolute atomic E-state index is 0.0210. The van der Waals surface area contributed by atoms with Crippen LogP contribution >= 0.6 is 11.8 Å². The maximum atomic E-state index is 12.3. The van der Waals surface area contributed by atoms with Crippen LogP contribution in [-0.4, -0.2) is 52.3 Å². The van der Waals surface area contributed by atoms with Gasteiger partial charge in [0.15, 0.2) is 11.0 Å². The molecule has 1 aliphatic rings. The SMILES string of the molecule is COc1ccccc1-c1nnc(S[C@H](C)C(=O)NC[C@@H]2CCCO2)n1C. The molecule has 2 atom stereocenters. The number of carbonyl (C=O) groups is 1. The molecule has 0 radical (unpaired) electrons. The third-order valence-electron chi connectivity index (χ3n) is 4.36. The first-order valence-corrected chi connectivity index (χ1v) is 9.57. The molecule has 1 fully saturated rings. The Morgan fingerprint density at radius 2 is 2.27 bits per heavy atom. The first kappa shape index (κ1) is 18.7. The van der Waals surface area contributed by atoms with E-state index in [0.29, 0.717) is 17.5 Å². The smallest absolute Gasteiger partial charge is 0.233 e. The van der Waals surface area contributed by atoms with Crippen LogP contribution in [0.1, 0.15) is 19.8 Å². The molecule has 3 rings (SSSR count). The van der Waals surface area contributed by atoms with E-state index >= 15 is 0 Å². The number of carbonyl (C=O) groups excluding carboxylic acids is 1. The van der Waals surface area contributed by atoms with E-state index in [0.717, 1.165) is 30.8 Å². The Bertz CT molecular complexity index is 759. The van der Waals surface area contributed by atoms with Crippen LogP contribution in [0.5, 0.6) is 5.75 Å². The highest BCUT2D eigenvalue weighted by Crippen LogP contribution is 2.31. The van der Waals surface area contributed by atoms with Crippen molar-refractivity contribution in [3.8, 4) is 17.1 Å². The monoisotopic (exact) mass is 376 g/mol. The molecule has 2 heterocycles. The molecule has 0 saturated carbocycles. The first-order chi connectivity index (χ1) is 12.6. The molecule has 8 heteroatoms. The predicted molar refractivity (Wildman–Crippen MR) is 100 cm³/mol. The molecule has 1 amide bonds. The fourth-order valence-electron chi connectivity index (χ4n) is 2.86. The van der Waals surface area contributed by atoms with Crippen LogP contribution in [0.4, 0.5) is 0 Å². The van der Waals surface area contributed by atoms with E-state index in [2.05, 4.69) is 15.5 Å². The van der Waals surface area contributed by atoms with Gasteiger partial charge in [-0.2, -0.15) is 0 Å². The maximum Gasteiger partial charge on any atom is 0.233 e. The molecule has 2 aromatic rings. The van der Waals surface area contributed by atoms with Crippen molar-refractivity contribution in [2.45, 2.75) is 36.3 Å². The summed E-state index contributed by atoms with van der Waals surface area (Å²) in [5.41, 5.74) is 0.868. The number of thioether (sulfide) groups is 1. The van der Waals surface area contributed by atoms with Crippen LogP contribution in [0.25, 0.3) is 11.4 Å². The van der Waals surface area contributed by atoms with Crippen LogP contribution in [0.3, 0.4) is 0 Å². The molecular formula is C18H24N4O3S. The van der Waals surface area contributed by atoms with Gasteiger partial charge in [-0.15, -0.1) is 10.2 Å². The molecule has 0 aliphatic carbocycles. The summed E-state index contributed by atoms with van der Waals surface area (Å²) in [6.07, 6.45) is 2.21. The number of benzene rings is 1. The highest BCUT2D eigenvalue weighted by molar-refractivity contribution is 8.00. The molecule has 0 bridgehead atoms. The van der Waals surface area contributed by atoms with Gasteiger partial charge in [0.2, 0.25) is 5.91 Å². The lowest BCUT2D eigenvalue weighted by Gasteiger charge is -2.14. The molecule has 1 aliphatic heterocycles. The number of para-hydroxylation sites is 1. The second-order valence-electron chi connectivity index (χ2n) is 6.21. The molecule has 0 unspecified atom stereocenters. The molecule has 26 heavy (non-hydrogen) atoms. The van der Waals surface area contributed by atoms with Crippen LogP contribution in [0.15, 0.2) is 29.4 Å². The lowest BCUT2D eigenvalue weighted by Crippen LogP contribution is -2.36. The van der Waals surface area contributed by atoms with Crippen molar-refractivity contribution in [3.05, 3.63) is 24.3 Å². The summed E-state index contributed by atoms with van der Waals surface area (Å²) in [4.78, 5) is 12.3. The van der Waals surface area contributed by atoms with Crippen molar-refractivity contribution in [1.82, 2.24) is 20.1 Å². The summed E-state index contributed by atoms with van der Waals surface area (Å²) in [5, 5.41) is 11.9. The zero-order valence-electron chi connectivity index (χ0n) is 15.3. The highest BCUT2D eigenvalue weighted by Gasteiger charge is 2.22. The van der Waals surface area contributed by atoms with Gasteiger partial charge in [-0.1, -0.05) is 23.9 Å². The van der Waals surface area contributed by atoms with Gasteiger partial charge in [0.05, 0.1) is 24.0 Å². The molecule has 1 aromatic carbocycles. The van der Waals surface area contributed by atoms with E-state index in [-0.39, 0.29) is 17.3 Å². The Kier molecular flexibility index (Phi) is 6.16. The van der Waals surface area contributed by atoms with Crippen molar-refractivity contribution >= 4 is 17.7 Å². The summed E-state index contributed by atoms with van der Waals surface area (Å²) in [5.74, 6) is 1.42. The Balaban J connectivity index is 1.64.